The zero-order valence-corrected chi connectivity index (χ0v) is 12.5. The highest BCUT2D eigenvalue weighted by Gasteiger charge is 2.18. The molecule has 0 unspecified atom stereocenters. The summed E-state index contributed by atoms with van der Waals surface area (Å²) in [4.78, 5) is 40.7. The van der Waals surface area contributed by atoms with Gasteiger partial charge in [-0.2, -0.15) is 0 Å². The third-order valence-electron chi connectivity index (χ3n) is 4.03. The van der Waals surface area contributed by atoms with Crippen LogP contribution in [0, 0.1) is 10.1 Å². The maximum Gasteiger partial charge on any atom is 0.271 e. The van der Waals surface area contributed by atoms with E-state index in [0.717, 1.165) is 32.4 Å². The topological polar surface area (TPSA) is 98.3 Å². The standard InChI is InChI=1S/C15H16N4O4/c20-14(17-6-2-1-3-7-17)9-18-10-16-13-8-11(19(22)23)4-5-12(13)15(18)21/h4-5,8,10H,1-3,6-7,9H2. The van der Waals surface area contributed by atoms with Crippen molar-refractivity contribution in [3.8, 4) is 0 Å². The monoisotopic (exact) mass is 316 g/mol. The van der Waals surface area contributed by atoms with Crippen LogP contribution in [0.1, 0.15) is 19.3 Å². The average molecular weight is 316 g/mol. The predicted octanol–water partition coefficient (Wildman–Crippen LogP) is 1.32. The molecule has 2 heterocycles. The number of rotatable bonds is 3. The van der Waals surface area contributed by atoms with Crippen molar-refractivity contribution < 1.29 is 9.72 Å². The van der Waals surface area contributed by atoms with Crippen LogP contribution in [0.15, 0.2) is 29.3 Å². The number of aromatic nitrogens is 2. The van der Waals surface area contributed by atoms with Gasteiger partial charge in [0.1, 0.15) is 6.54 Å². The summed E-state index contributed by atoms with van der Waals surface area (Å²) in [6.45, 7) is 1.39. The number of nitrogens with zero attached hydrogens (tertiary/aromatic N) is 4. The predicted molar refractivity (Wildman–Crippen MR) is 83.1 cm³/mol. The Bertz CT molecular complexity index is 824. The van der Waals surface area contributed by atoms with Crippen LogP contribution in [0.3, 0.4) is 0 Å². The van der Waals surface area contributed by atoms with E-state index in [9.17, 15) is 19.7 Å². The van der Waals surface area contributed by atoms with Crippen molar-refractivity contribution in [2.75, 3.05) is 13.1 Å². The summed E-state index contributed by atoms with van der Waals surface area (Å²) in [6, 6.07) is 3.90. The minimum Gasteiger partial charge on any atom is -0.341 e. The summed E-state index contributed by atoms with van der Waals surface area (Å²) in [5, 5.41) is 11.0. The van der Waals surface area contributed by atoms with Gasteiger partial charge in [0, 0.05) is 25.2 Å². The fourth-order valence-electron chi connectivity index (χ4n) is 2.76. The second-order valence-corrected chi connectivity index (χ2v) is 5.58. The SMILES string of the molecule is O=C(Cn1cnc2cc([N+](=O)[O-])ccc2c1=O)N1CCCCC1. The number of hydrogen-bond donors (Lipinski definition) is 0. The largest absolute Gasteiger partial charge is 0.341 e. The maximum atomic E-state index is 12.4. The van der Waals surface area contributed by atoms with Crippen molar-refractivity contribution in [1.82, 2.24) is 14.5 Å². The molecule has 0 radical (unpaired) electrons. The molecule has 1 amide bonds. The molecule has 2 aromatic rings. The van der Waals surface area contributed by atoms with Crippen molar-refractivity contribution in [1.29, 1.82) is 0 Å². The van der Waals surface area contributed by atoms with E-state index in [1.165, 1.54) is 29.1 Å². The van der Waals surface area contributed by atoms with Gasteiger partial charge >= 0.3 is 0 Å². The molecular weight excluding hydrogens is 300 g/mol. The first-order valence-electron chi connectivity index (χ1n) is 7.47. The minimum absolute atomic E-state index is 0.0568. The molecule has 1 saturated heterocycles. The summed E-state index contributed by atoms with van der Waals surface area (Å²) in [7, 11) is 0. The number of carbonyl (C=O) groups is 1. The van der Waals surface area contributed by atoms with Gasteiger partial charge in [0.05, 0.1) is 22.2 Å². The van der Waals surface area contributed by atoms with E-state index in [4.69, 9.17) is 0 Å². The van der Waals surface area contributed by atoms with Crippen molar-refractivity contribution in [3.63, 3.8) is 0 Å². The highest BCUT2D eigenvalue weighted by Crippen LogP contribution is 2.16. The third kappa shape index (κ3) is 3.05. The van der Waals surface area contributed by atoms with Crippen LogP contribution in [0.2, 0.25) is 0 Å². The number of nitro groups is 1. The Morgan fingerprint density at radius 2 is 2.00 bits per heavy atom. The fraction of sp³-hybridized carbons (Fsp3) is 0.400. The number of non-ortho nitro benzene ring substituents is 1. The van der Waals surface area contributed by atoms with E-state index in [1.807, 2.05) is 0 Å². The van der Waals surface area contributed by atoms with Gasteiger partial charge in [-0.05, 0) is 25.3 Å². The Labute approximate surface area is 131 Å². The van der Waals surface area contributed by atoms with Crippen LogP contribution in [0.25, 0.3) is 10.9 Å². The van der Waals surface area contributed by atoms with Crippen molar-refractivity contribution in [2.45, 2.75) is 25.8 Å². The van der Waals surface area contributed by atoms with Crippen LogP contribution in [-0.2, 0) is 11.3 Å². The van der Waals surface area contributed by atoms with E-state index in [2.05, 4.69) is 4.98 Å². The van der Waals surface area contributed by atoms with Gasteiger partial charge in [0.25, 0.3) is 11.2 Å². The molecule has 120 valence electrons. The quantitative estimate of drug-likeness (QED) is 0.628. The lowest BCUT2D eigenvalue weighted by molar-refractivity contribution is -0.384. The molecule has 0 atom stereocenters. The Balaban J connectivity index is 1.88. The van der Waals surface area contributed by atoms with Crippen LogP contribution < -0.4 is 5.56 Å². The molecule has 0 spiro atoms. The van der Waals surface area contributed by atoms with E-state index < -0.39 is 4.92 Å². The van der Waals surface area contributed by atoms with E-state index in [-0.39, 0.29) is 34.6 Å². The van der Waals surface area contributed by atoms with E-state index in [0.29, 0.717) is 0 Å². The zero-order valence-electron chi connectivity index (χ0n) is 12.5. The molecule has 0 saturated carbocycles. The summed E-state index contributed by atoms with van der Waals surface area (Å²) >= 11 is 0. The lowest BCUT2D eigenvalue weighted by atomic mass is 10.1. The third-order valence-corrected chi connectivity index (χ3v) is 4.03. The van der Waals surface area contributed by atoms with Crippen molar-refractivity contribution >= 4 is 22.5 Å². The zero-order chi connectivity index (χ0) is 16.4. The molecule has 3 rings (SSSR count). The smallest absolute Gasteiger partial charge is 0.271 e. The molecule has 1 aliphatic rings. The number of carbonyl (C=O) groups excluding carboxylic acids is 1. The molecule has 1 aliphatic heterocycles. The number of likely N-dealkylation sites (tertiary alicyclic amines) is 1. The highest BCUT2D eigenvalue weighted by molar-refractivity contribution is 5.80. The summed E-state index contributed by atoms with van der Waals surface area (Å²) < 4.78 is 1.26. The first kappa shape index (κ1) is 15.1. The Morgan fingerprint density at radius 3 is 2.70 bits per heavy atom. The van der Waals surface area contributed by atoms with E-state index >= 15 is 0 Å². The van der Waals surface area contributed by atoms with Crippen LogP contribution in [0.4, 0.5) is 5.69 Å². The van der Waals surface area contributed by atoms with Gasteiger partial charge in [0.2, 0.25) is 5.91 Å². The Hall–Kier alpha value is -2.77. The number of amides is 1. The number of benzene rings is 1. The first-order chi connectivity index (χ1) is 11.1. The lowest BCUT2D eigenvalue weighted by Crippen LogP contribution is -2.39. The molecule has 8 nitrogen and oxygen atoms in total. The molecule has 1 fully saturated rings. The van der Waals surface area contributed by atoms with Gasteiger partial charge in [-0.15, -0.1) is 0 Å². The molecule has 1 aromatic heterocycles. The number of fused-ring (bicyclic) bond motifs is 1. The minimum atomic E-state index is -0.535. The van der Waals surface area contributed by atoms with Gasteiger partial charge in [-0.25, -0.2) is 4.98 Å². The number of piperidine rings is 1. The maximum absolute atomic E-state index is 12.4. The second kappa shape index (κ2) is 6.15. The number of nitro benzene ring substituents is 1. The highest BCUT2D eigenvalue weighted by atomic mass is 16.6. The van der Waals surface area contributed by atoms with Gasteiger partial charge in [0.15, 0.2) is 0 Å². The van der Waals surface area contributed by atoms with Gasteiger partial charge in [-0.1, -0.05) is 0 Å². The molecule has 0 aliphatic carbocycles. The molecular formula is C15H16N4O4. The molecule has 23 heavy (non-hydrogen) atoms. The fourth-order valence-corrected chi connectivity index (χ4v) is 2.76. The van der Waals surface area contributed by atoms with Crippen LogP contribution in [-0.4, -0.2) is 38.4 Å². The normalized spacial score (nSPS) is 14.9. The van der Waals surface area contributed by atoms with E-state index in [1.54, 1.807) is 4.90 Å². The first-order valence-corrected chi connectivity index (χ1v) is 7.47. The van der Waals surface area contributed by atoms with Crippen LogP contribution in [0.5, 0.6) is 0 Å². The molecule has 0 N–H and O–H groups in total. The van der Waals surface area contributed by atoms with Crippen LogP contribution >= 0.6 is 0 Å². The van der Waals surface area contributed by atoms with Gasteiger partial charge in [-0.3, -0.25) is 24.3 Å². The molecule has 0 bridgehead atoms. The second-order valence-electron chi connectivity index (χ2n) is 5.58. The lowest BCUT2D eigenvalue weighted by Gasteiger charge is -2.26. The van der Waals surface area contributed by atoms with Gasteiger partial charge < -0.3 is 4.90 Å². The summed E-state index contributed by atoms with van der Waals surface area (Å²) in [5.41, 5.74) is -0.229. The summed E-state index contributed by atoms with van der Waals surface area (Å²) in [5.74, 6) is -0.102. The summed E-state index contributed by atoms with van der Waals surface area (Å²) in [6.07, 6.45) is 4.37. The molecule has 1 aromatic carbocycles. The number of hydrogen-bond acceptors (Lipinski definition) is 5. The molecule has 8 heteroatoms. The Morgan fingerprint density at radius 1 is 1.26 bits per heavy atom. The Kier molecular flexibility index (Phi) is 4.05. The average Bonchev–Trinajstić information content (AvgIpc) is 2.57. The van der Waals surface area contributed by atoms with Crippen molar-refractivity contribution in [2.24, 2.45) is 0 Å². The van der Waals surface area contributed by atoms with Crippen molar-refractivity contribution in [3.05, 3.63) is 45.0 Å².